The molecule has 0 radical (unpaired) electrons. The summed E-state index contributed by atoms with van der Waals surface area (Å²) in [5.74, 6) is 1.86. The van der Waals surface area contributed by atoms with Crippen molar-refractivity contribution in [3.8, 4) is 23.0 Å². The van der Waals surface area contributed by atoms with Gasteiger partial charge < -0.3 is 24.3 Å². The van der Waals surface area contributed by atoms with Crippen LogP contribution in [0, 0.1) is 0 Å². The second-order valence-corrected chi connectivity index (χ2v) is 9.42. The molecule has 0 saturated heterocycles. The van der Waals surface area contributed by atoms with Gasteiger partial charge in [0.25, 0.3) is 11.5 Å². The molecule has 3 aromatic carbocycles. The Balaban J connectivity index is 1.37. The highest BCUT2D eigenvalue weighted by Gasteiger charge is 2.23. The van der Waals surface area contributed by atoms with Gasteiger partial charge in [-0.25, -0.2) is 0 Å². The number of pyridine rings is 2. The number of amides is 1. The third kappa shape index (κ3) is 3.98. The van der Waals surface area contributed by atoms with E-state index in [0.29, 0.717) is 51.1 Å². The first-order valence-corrected chi connectivity index (χ1v) is 12.8. The molecule has 0 saturated carbocycles. The number of hydrogen-bond donors (Lipinski definition) is 1. The average Bonchev–Trinajstić information content (AvgIpc) is 3.32. The molecule has 0 spiro atoms. The topological polar surface area (TPSA) is 100 Å². The van der Waals surface area contributed by atoms with Gasteiger partial charge in [-0.2, -0.15) is 0 Å². The number of aromatic nitrogens is 2. The van der Waals surface area contributed by atoms with Crippen molar-refractivity contribution < 1.29 is 23.7 Å². The van der Waals surface area contributed by atoms with E-state index in [9.17, 15) is 9.59 Å². The number of benzene rings is 3. The molecule has 3 heterocycles. The Morgan fingerprint density at radius 3 is 2.40 bits per heavy atom. The molecule has 9 nitrogen and oxygen atoms in total. The Kier molecular flexibility index (Phi) is 6.26. The van der Waals surface area contributed by atoms with Gasteiger partial charge in [0.2, 0.25) is 0 Å². The van der Waals surface area contributed by atoms with Gasteiger partial charge in [-0.1, -0.05) is 12.1 Å². The molecule has 9 heteroatoms. The fraction of sp³-hybridized carbons (Fsp3) is 0.194. The van der Waals surface area contributed by atoms with E-state index in [2.05, 4.69) is 10.3 Å². The molecule has 0 aliphatic carbocycles. The summed E-state index contributed by atoms with van der Waals surface area (Å²) < 4.78 is 23.9. The molecule has 1 atom stereocenters. The zero-order valence-corrected chi connectivity index (χ0v) is 22.5. The molecule has 1 N–H and O–H groups in total. The van der Waals surface area contributed by atoms with E-state index in [1.165, 1.54) is 14.2 Å². The van der Waals surface area contributed by atoms with Crippen LogP contribution >= 0.6 is 0 Å². The molecule has 1 amide bonds. The number of fused-ring (bicyclic) bond motifs is 5. The SMILES string of the molecule is COc1ccc(CNC(=O)[C@@H](C)Oc2ccc3c(c2)c2ccnc4c5ccc(OC)c(OC)c5c(=O)n3c24)cc1. The van der Waals surface area contributed by atoms with Crippen LogP contribution in [0.2, 0.25) is 0 Å². The van der Waals surface area contributed by atoms with Crippen LogP contribution in [0.4, 0.5) is 0 Å². The number of ether oxygens (including phenoxy) is 4. The predicted octanol–water partition coefficient (Wildman–Crippen LogP) is 4.70. The zero-order valence-electron chi connectivity index (χ0n) is 22.5. The monoisotopic (exact) mass is 537 g/mol. The number of nitrogens with one attached hydrogen (secondary N) is 1. The fourth-order valence-electron chi connectivity index (χ4n) is 5.21. The minimum atomic E-state index is -0.737. The van der Waals surface area contributed by atoms with Crippen molar-refractivity contribution in [3.63, 3.8) is 0 Å². The zero-order chi connectivity index (χ0) is 28.0. The van der Waals surface area contributed by atoms with E-state index in [-0.39, 0.29) is 11.5 Å². The molecule has 6 rings (SSSR count). The summed E-state index contributed by atoms with van der Waals surface area (Å²) in [5, 5.41) is 5.66. The lowest BCUT2D eigenvalue weighted by atomic mass is 10.1. The minimum Gasteiger partial charge on any atom is -0.497 e. The molecule has 6 aromatic rings. The molecule has 0 unspecified atom stereocenters. The maximum Gasteiger partial charge on any atom is 0.267 e. The molecule has 0 aliphatic rings. The molecule has 0 fully saturated rings. The van der Waals surface area contributed by atoms with E-state index in [1.807, 2.05) is 48.5 Å². The summed E-state index contributed by atoms with van der Waals surface area (Å²) in [5.41, 5.74) is 2.81. The number of carbonyl (C=O) groups excluding carboxylic acids is 1. The van der Waals surface area contributed by atoms with E-state index in [0.717, 1.165) is 22.1 Å². The standard InChI is InChI=1S/C31H27N3O6/c1-17(30(35)33-16-18-5-7-19(37-2)8-6-18)40-20-9-11-24-23(15-20)21-13-14-32-27-22-10-12-25(38-3)29(39-4)26(22)31(36)34(24)28(21)27/h5-15,17H,16H2,1-4H3,(H,33,35)/t17-/m1/s1. The van der Waals surface area contributed by atoms with Crippen LogP contribution in [-0.4, -0.2) is 42.7 Å². The highest BCUT2D eigenvalue weighted by molar-refractivity contribution is 6.19. The lowest BCUT2D eigenvalue weighted by Gasteiger charge is -2.15. The summed E-state index contributed by atoms with van der Waals surface area (Å²) in [7, 11) is 4.66. The maximum atomic E-state index is 13.9. The molecular formula is C31H27N3O6. The van der Waals surface area contributed by atoms with E-state index in [1.54, 1.807) is 36.8 Å². The highest BCUT2D eigenvalue weighted by atomic mass is 16.5. The van der Waals surface area contributed by atoms with Gasteiger partial charge in [0.15, 0.2) is 17.6 Å². The summed E-state index contributed by atoms with van der Waals surface area (Å²) >= 11 is 0. The van der Waals surface area contributed by atoms with Gasteiger partial charge in [-0.3, -0.25) is 19.0 Å². The van der Waals surface area contributed by atoms with Crippen molar-refractivity contribution in [2.24, 2.45) is 0 Å². The van der Waals surface area contributed by atoms with Crippen molar-refractivity contribution >= 4 is 44.0 Å². The Morgan fingerprint density at radius 1 is 0.900 bits per heavy atom. The molecule has 40 heavy (non-hydrogen) atoms. The number of hydrogen-bond acceptors (Lipinski definition) is 7. The second kappa shape index (κ2) is 9.92. The van der Waals surface area contributed by atoms with Gasteiger partial charge in [0.1, 0.15) is 11.5 Å². The Labute approximate surface area is 229 Å². The Morgan fingerprint density at radius 2 is 1.68 bits per heavy atom. The quantitative estimate of drug-likeness (QED) is 0.281. The smallest absolute Gasteiger partial charge is 0.267 e. The van der Waals surface area contributed by atoms with Gasteiger partial charge in [-0.05, 0) is 61.0 Å². The van der Waals surface area contributed by atoms with Crippen LogP contribution in [0.15, 0.2) is 71.7 Å². The van der Waals surface area contributed by atoms with Gasteiger partial charge in [0.05, 0.1) is 43.3 Å². The molecule has 202 valence electrons. The largest absolute Gasteiger partial charge is 0.497 e. The molecular weight excluding hydrogens is 510 g/mol. The number of nitrogens with zero attached hydrogens (tertiary/aromatic N) is 2. The maximum absolute atomic E-state index is 13.9. The lowest BCUT2D eigenvalue weighted by Crippen LogP contribution is -2.35. The third-order valence-corrected chi connectivity index (χ3v) is 7.17. The average molecular weight is 538 g/mol. The van der Waals surface area contributed by atoms with Crippen LogP contribution in [0.3, 0.4) is 0 Å². The van der Waals surface area contributed by atoms with E-state index < -0.39 is 6.10 Å². The number of methoxy groups -OCH3 is 3. The summed E-state index contributed by atoms with van der Waals surface area (Å²) in [4.78, 5) is 31.3. The van der Waals surface area contributed by atoms with Crippen molar-refractivity contribution in [3.05, 3.63) is 82.8 Å². The van der Waals surface area contributed by atoms with Gasteiger partial charge in [-0.15, -0.1) is 0 Å². The molecule has 0 bridgehead atoms. The Bertz CT molecular complexity index is 1950. The minimum absolute atomic E-state index is 0.230. The van der Waals surface area contributed by atoms with Crippen molar-refractivity contribution in [1.82, 2.24) is 14.7 Å². The summed E-state index contributed by atoms with van der Waals surface area (Å²) in [6.45, 7) is 2.07. The molecule has 0 aliphatic heterocycles. The third-order valence-electron chi connectivity index (χ3n) is 7.17. The van der Waals surface area contributed by atoms with Gasteiger partial charge >= 0.3 is 0 Å². The highest BCUT2D eigenvalue weighted by Crippen LogP contribution is 2.39. The van der Waals surface area contributed by atoms with Crippen LogP contribution in [-0.2, 0) is 11.3 Å². The number of rotatable bonds is 8. The normalized spacial score (nSPS) is 12.2. The van der Waals surface area contributed by atoms with Crippen molar-refractivity contribution in [1.29, 1.82) is 0 Å². The predicted molar refractivity (Wildman–Crippen MR) is 153 cm³/mol. The first kappa shape index (κ1) is 25.2. The number of carbonyl (C=O) groups is 1. The first-order chi connectivity index (χ1) is 19.4. The lowest BCUT2D eigenvalue weighted by molar-refractivity contribution is -0.127. The van der Waals surface area contributed by atoms with Gasteiger partial charge in [0, 0.05) is 28.9 Å². The molecule has 3 aromatic heterocycles. The van der Waals surface area contributed by atoms with Crippen molar-refractivity contribution in [2.45, 2.75) is 19.6 Å². The van der Waals surface area contributed by atoms with Crippen molar-refractivity contribution in [2.75, 3.05) is 21.3 Å². The van der Waals surface area contributed by atoms with Crippen LogP contribution in [0.25, 0.3) is 38.1 Å². The second-order valence-electron chi connectivity index (χ2n) is 9.42. The summed E-state index contributed by atoms with van der Waals surface area (Å²) in [6.07, 6.45) is 0.986. The van der Waals surface area contributed by atoms with E-state index in [4.69, 9.17) is 18.9 Å². The fourth-order valence-corrected chi connectivity index (χ4v) is 5.21. The van der Waals surface area contributed by atoms with Crippen LogP contribution in [0.1, 0.15) is 12.5 Å². The van der Waals surface area contributed by atoms with E-state index >= 15 is 0 Å². The van der Waals surface area contributed by atoms with Crippen LogP contribution in [0.5, 0.6) is 23.0 Å². The first-order valence-electron chi connectivity index (χ1n) is 12.8. The van der Waals surface area contributed by atoms with Crippen LogP contribution < -0.4 is 29.8 Å². The Hall–Kier alpha value is -5.05. The summed E-state index contributed by atoms with van der Waals surface area (Å²) in [6, 6.07) is 18.4.